The average Bonchev–Trinajstić information content (AvgIpc) is 3.55. The fraction of sp³-hybridized carbons (Fsp3) is 0.350. The average molecular weight is 679 g/mol. The van der Waals surface area contributed by atoms with Crippen LogP contribution in [0.15, 0.2) is 97.1 Å². The third-order valence-electron chi connectivity index (χ3n) is 9.30. The lowest BCUT2D eigenvalue weighted by Gasteiger charge is -2.37. The molecule has 10 nitrogen and oxygen atoms in total. The number of nitrogens with two attached hydrogens (primary N) is 1. The van der Waals surface area contributed by atoms with E-state index in [0.29, 0.717) is 37.3 Å². The molecule has 6 rings (SSSR count). The van der Waals surface area contributed by atoms with Gasteiger partial charge in [-0.05, 0) is 58.9 Å². The van der Waals surface area contributed by atoms with Gasteiger partial charge in [-0.1, -0.05) is 78.9 Å². The summed E-state index contributed by atoms with van der Waals surface area (Å²) >= 11 is 0. The van der Waals surface area contributed by atoms with Gasteiger partial charge in [0.25, 0.3) is 0 Å². The molecule has 4 aromatic rings. The van der Waals surface area contributed by atoms with Crippen molar-refractivity contribution in [2.75, 3.05) is 30.7 Å². The van der Waals surface area contributed by atoms with E-state index in [2.05, 4.69) is 33.7 Å². The number of β-amino-alcohol motifs (C(OH)–C–C–N with tert-alkyl or cyclic N) is 1. The minimum atomic E-state index is -0.554. The molecule has 4 atom stereocenters. The van der Waals surface area contributed by atoms with Crippen LogP contribution in [0.4, 0.5) is 11.4 Å². The summed E-state index contributed by atoms with van der Waals surface area (Å²) in [5, 5.41) is 25.3. The van der Waals surface area contributed by atoms with Crippen molar-refractivity contribution < 1.29 is 29.3 Å². The molecule has 10 heteroatoms. The Labute approximate surface area is 293 Å². The molecule has 0 saturated carbocycles. The molecule has 0 aliphatic carbocycles. The first-order chi connectivity index (χ1) is 24.3. The number of nitrogen functional groups attached to an aromatic ring is 1. The first-order valence-corrected chi connectivity index (χ1v) is 17.3. The van der Waals surface area contributed by atoms with E-state index in [1.165, 1.54) is 0 Å². The first-order valence-electron chi connectivity index (χ1n) is 17.3. The van der Waals surface area contributed by atoms with Crippen molar-refractivity contribution in [1.29, 1.82) is 0 Å². The normalized spacial score (nSPS) is 20.8. The minimum absolute atomic E-state index is 0.00463. The van der Waals surface area contributed by atoms with Gasteiger partial charge in [0, 0.05) is 51.0 Å². The molecule has 2 heterocycles. The number of ether oxygens (including phenoxy) is 2. The molecule has 50 heavy (non-hydrogen) atoms. The lowest BCUT2D eigenvalue weighted by atomic mass is 9.99. The van der Waals surface area contributed by atoms with Gasteiger partial charge >= 0.3 is 0 Å². The van der Waals surface area contributed by atoms with E-state index in [4.69, 9.17) is 15.2 Å². The number of carbonyl (C=O) groups is 2. The molecule has 0 bridgehead atoms. The molecule has 2 saturated heterocycles. The maximum atomic E-state index is 12.5. The molecular formula is C40H46N4O6. The second-order valence-corrected chi connectivity index (χ2v) is 13.1. The highest BCUT2D eigenvalue weighted by Gasteiger charge is 2.34. The maximum absolute atomic E-state index is 12.5. The third-order valence-corrected chi connectivity index (χ3v) is 9.30. The molecule has 262 valence electrons. The number of hydrogen-bond acceptors (Lipinski definition) is 8. The molecule has 0 unspecified atom stereocenters. The number of benzene rings is 4. The minimum Gasteiger partial charge on any atom is -0.397 e. The van der Waals surface area contributed by atoms with Gasteiger partial charge in [-0.2, -0.15) is 0 Å². The van der Waals surface area contributed by atoms with E-state index in [9.17, 15) is 19.8 Å². The number of carbonyl (C=O) groups excluding carboxylic acids is 2. The lowest BCUT2D eigenvalue weighted by Crippen LogP contribution is -2.38. The Balaban J connectivity index is 1.04. The smallest absolute Gasteiger partial charge is 0.224 e. The van der Waals surface area contributed by atoms with Crippen molar-refractivity contribution in [3.8, 4) is 11.1 Å². The Kier molecular flexibility index (Phi) is 11.9. The summed E-state index contributed by atoms with van der Waals surface area (Å²) in [6, 6.07) is 31.2. The largest absolute Gasteiger partial charge is 0.397 e. The summed E-state index contributed by atoms with van der Waals surface area (Å²) in [7, 11) is 0. The van der Waals surface area contributed by atoms with Crippen molar-refractivity contribution in [2.24, 2.45) is 0 Å². The van der Waals surface area contributed by atoms with Gasteiger partial charge in [0.1, 0.15) is 0 Å². The first kappa shape index (κ1) is 35.3. The predicted molar refractivity (Wildman–Crippen MR) is 193 cm³/mol. The van der Waals surface area contributed by atoms with Crippen LogP contribution in [0.1, 0.15) is 66.8 Å². The Morgan fingerprint density at radius 1 is 0.840 bits per heavy atom. The van der Waals surface area contributed by atoms with E-state index >= 15 is 0 Å². The van der Waals surface area contributed by atoms with Crippen molar-refractivity contribution in [2.45, 2.75) is 69.9 Å². The van der Waals surface area contributed by atoms with Crippen LogP contribution in [0, 0.1) is 0 Å². The summed E-state index contributed by atoms with van der Waals surface area (Å²) in [5.74, 6) is -0.284. The van der Waals surface area contributed by atoms with Gasteiger partial charge in [0.2, 0.25) is 11.8 Å². The van der Waals surface area contributed by atoms with Crippen LogP contribution in [-0.4, -0.2) is 58.8 Å². The zero-order valence-electron chi connectivity index (χ0n) is 28.2. The summed E-state index contributed by atoms with van der Waals surface area (Å²) in [6.45, 7) is 2.61. The third kappa shape index (κ3) is 9.56. The highest BCUT2D eigenvalue weighted by Crippen LogP contribution is 2.39. The molecule has 6 N–H and O–H groups in total. The van der Waals surface area contributed by atoms with Crippen LogP contribution in [0.2, 0.25) is 0 Å². The number of para-hydroxylation sites is 2. The van der Waals surface area contributed by atoms with E-state index < -0.39 is 6.29 Å². The SMILES string of the molecule is Nc1ccccc1NC(=O)CCCC(=O)NCc1cccc(-c2ccc([C@H]3O[C@@H](CN4CC[C@H](O)C4)C[C@@H](c4ccc(CO)cc4)O3)cc2)c1. The van der Waals surface area contributed by atoms with E-state index in [1.807, 2.05) is 54.6 Å². The van der Waals surface area contributed by atoms with Gasteiger partial charge in [0.05, 0.1) is 36.3 Å². The summed E-state index contributed by atoms with van der Waals surface area (Å²) < 4.78 is 13.0. The Hall–Kier alpha value is -4.58. The number of nitrogens with one attached hydrogen (secondary N) is 2. The van der Waals surface area contributed by atoms with Crippen LogP contribution in [0.3, 0.4) is 0 Å². The highest BCUT2D eigenvalue weighted by atomic mass is 16.7. The van der Waals surface area contributed by atoms with Gasteiger partial charge in [-0.15, -0.1) is 0 Å². The monoisotopic (exact) mass is 678 g/mol. The van der Waals surface area contributed by atoms with Crippen molar-refractivity contribution >= 4 is 23.2 Å². The fourth-order valence-electron chi connectivity index (χ4n) is 6.51. The van der Waals surface area contributed by atoms with Gasteiger partial charge in [-0.3, -0.25) is 14.5 Å². The van der Waals surface area contributed by atoms with E-state index in [-0.39, 0.29) is 49.6 Å². The van der Waals surface area contributed by atoms with Crippen molar-refractivity contribution in [1.82, 2.24) is 10.2 Å². The zero-order valence-corrected chi connectivity index (χ0v) is 28.2. The van der Waals surface area contributed by atoms with Crippen LogP contribution in [0.25, 0.3) is 11.1 Å². The zero-order chi connectivity index (χ0) is 34.9. The number of aliphatic hydroxyl groups excluding tert-OH is 2. The quantitative estimate of drug-likeness (QED) is 0.117. The molecule has 0 spiro atoms. The molecule has 0 radical (unpaired) electrons. The topological polar surface area (TPSA) is 146 Å². The Morgan fingerprint density at radius 3 is 2.34 bits per heavy atom. The van der Waals surface area contributed by atoms with Crippen LogP contribution >= 0.6 is 0 Å². The Morgan fingerprint density at radius 2 is 1.60 bits per heavy atom. The van der Waals surface area contributed by atoms with Gasteiger partial charge in [0.15, 0.2) is 6.29 Å². The molecular weight excluding hydrogens is 632 g/mol. The van der Waals surface area contributed by atoms with E-state index in [1.54, 1.807) is 24.3 Å². The summed E-state index contributed by atoms with van der Waals surface area (Å²) in [5.41, 5.74) is 12.8. The molecule has 2 fully saturated rings. The molecule has 0 aromatic heterocycles. The summed E-state index contributed by atoms with van der Waals surface area (Å²) in [4.78, 5) is 27.0. The number of amides is 2. The van der Waals surface area contributed by atoms with Crippen molar-refractivity contribution in [3.05, 3.63) is 119 Å². The lowest BCUT2D eigenvalue weighted by molar-refractivity contribution is -0.252. The van der Waals surface area contributed by atoms with Crippen LogP contribution in [-0.2, 0) is 32.2 Å². The number of rotatable bonds is 13. The van der Waals surface area contributed by atoms with Crippen molar-refractivity contribution in [3.63, 3.8) is 0 Å². The molecule has 2 aliphatic heterocycles. The molecule has 2 aliphatic rings. The van der Waals surface area contributed by atoms with Gasteiger partial charge < -0.3 is 36.1 Å². The number of anilines is 2. The second kappa shape index (κ2) is 16.9. The Bertz CT molecular complexity index is 1730. The number of likely N-dealkylation sites (tertiary alicyclic amines) is 1. The van der Waals surface area contributed by atoms with Crippen LogP contribution in [0.5, 0.6) is 0 Å². The standard InChI is InChI=1S/C40H46N4O6/c41-35-7-1-2-8-36(35)43-39(48)10-4-9-38(47)42-23-28-5-3-6-32(21-28)29-15-17-31(18-16-29)40-49-34(25-44-20-19-33(46)24-44)22-37(50-40)30-13-11-27(26-45)12-14-30/h1-3,5-8,11-18,21,33-34,37,40,45-46H,4,9-10,19-20,22-26,41H2,(H,42,47)(H,43,48)/t33-,34+,37-,40-/m0/s1. The van der Waals surface area contributed by atoms with Gasteiger partial charge in [-0.25, -0.2) is 0 Å². The fourth-order valence-corrected chi connectivity index (χ4v) is 6.51. The maximum Gasteiger partial charge on any atom is 0.224 e. The summed E-state index contributed by atoms with van der Waals surface area (Å²) in [6.07, 6.45) is 1.30. The highest BCUT2D eigenvalue weighted by molar-refractivity contribution is 5.94. The predicted octanol–water partition coefficient (Wildman–Crippen LogP) is 5.47. The number of nitrogens with zero attached hydrogens (tertiary/aromatic N) is 1. The number of aliphatic hydroxyl groups is 2. The van der Waals surface area contributed by atoms with Crippen LogP contribution < -0.4 is 16.4 Å². The molecule has 2 amide bonds. The second-order valence-electron chi connectivity index (χ2n) is 13.1. The van der Waals surface area contributed by atoms with E-state index in [0.717, 1.165) is 52.9 Å². The number of hydrogen-bond donors (Lipinski definition) is 5. The molecule has 4 aromatic carbocycles.